The summed E-state index contributed by atoms with van der Waals surface area (Å²) in [6.07, 6.45) is 2.57. The molecule has 1 aliphatic heterocycles. The van der Waals surface area contributed by atoms with Crippen LogP contribution >= 0.6 is 0 Å². The van der Waals surface area contributed by atoms with Gasteiger partial charge in [0.05, 0.1) is 6.54 Å². The molecule has 3 rings (SSSR count). The number of rotatable bonds is 7. The Morgan fingerprint density at radius 2 is 2.05 bits per heavy atom. The van der Waals surface area contributed by atoms with E-state index in [4.69, 9.17) is 4.74 Å². The number of nitrogens with zero attached hydrogens (tertiary/aromatic N) is 2. The van der Waals surface area contributed by atoms with Crippen molar-refractivity contribution in [3.8, 4) is 5.75 Å². The topological polar surface area (TPSA) is 71.1 Å². The molecule has 0 unspecified atom stereocenters. The summed E-state index contributed by atoms with van der Waals surface area (Å²) in [4.78, 5) is 8.42. The largest absolute Gasteiger partial charge is 0.485 e. The van der Waals surface area contributed by atoms with Crippen LogP contribution in [0.5, 0.6) is 5.75 Å². The first-order valence-corrected chi connectivity index (χ1v) is 7.63. The van der Waals surface area contributed by atoms with Crippen LogP contribution < -0.4 is 20.7 Å². The summed E-state index contributed by atoms with van der Waals surface area (Å²) in [6.45, 7) is 4.13. The summed E-state index contributed by atoms with van der Waals surface area (Å²) in [6, 6.07) is 10.4. The number of hydrogen-bond acceptors (Lipinski definition) is 6. The van der Waals surface area contributed by atoms with Crippen molar-refractivity contribution in [2.75, 3.05) is 36.9 Å². The molecule has 0 atom stereocenters. The maximum atomic E-state index is 5.62. The highest BCUT2D eigenvalue weighted by Gasteiger charge is 2.15. The molecule has 6 heteroatoms. The van der Waals surface area contributed by atoms with Gasteiger partial charge in [0.15, 0.2) is 11.6 Å². The monoisotopic (exact) mass is 299 g/mol. The Labute approximate surface area is 130 Å². The third-order valence-corrected chi connectivity index (χ3v) is 3.44. The maximum absolute atomic E-state index is 5.62. The fourth-order valence-electron chi connectivity index (χ4n) is 2.33. The number of hydrogen-bond donors (Lipinski definition) is 3. The summed E-state index contributed by atoms with van der Waals surface area (Å²) >= 11 is 0. The van der Waals surface area contributed by atoms with Gasteiger partial charge in [0.2, 0.25) is 5.75 Å². The van der Waals surface area contributed by atoms with E-state index >= 15 is 0 Å². The molecule has 2 aromatic rings. The van der Waals surface area contributed by atoms with Crippen molar-refractivity contribution >= 4 is 11.6 Å². The van der Waals surface area contributed by atoms with Crippen molar-refractivity contribution in [2.24, 2.45) is 0 Å². The van der Waals surface area contributed by atoms with E-state index in [1.54, 1.807) is 6.33 Å². The van der Waals surface area contributed by atoms with E-state index < -0.39 is 0 Å². The predicted molar refractivity (Wildman–Crippen MR) is 87.3 cm³/mol. The van der Waals surface area contributed by atoms with E-state index in [0.29, 0.717) is 6.61 Å². The van der Waals surface area contributed by atoms with E-state index in [1.165, 1.54) is 5.56 Å². The van der Waals surface area contributed by atoms with Crippen molar-refractivity contribution < 1.29 is 4.74 Å². The number of nitrogens with one attached hydrogen (secondary N) is 3. The average Bonchev–Trinajstić information content (AvgIpc) is 2.59. The lowest BCUT2D eigenvalue weighted by Crippen LogP contribution is -2.21. The molecule has 116 valence electrons. The Bertz CT molecular complexity index is 590. The highest BCUT2D eigenvalue weighted by atomic mass is 16.5. The molecule has 0 fully saturated rings. The van der Waals surface area contributed by atoms with Gasteiger partial charge in [0.25, 0.3) is 0 Å². The zero-order valence-corrected chi connectivity index (χ0v) is 12.5. The molecule has 0 aliphatic carbocycles. The van der Waals surface area contributed by atoms with Crippen LogP contribution in [0.2, 0.25) is 0 Å². The quantitative estimate of drug-likeness (QED) is 0.678. The average molecular weight is 299 g/mol. The van der Waals surface area contributed by atoms with Crippen LogP contribution in [0.15, 0.2) is 36.7 Å². The minimum atomic E-state index is 0.647. The molecule has 1 aromatic heterocycles. The number of ether oxygens (including phenoxy) is 1. The van der Waals surface area contributed by atoms with Crippen molar-refractivity contribution in [1.29, 1.82) is 0 Å². The second kappa shape index (κ2) is 7.61. The van der Waals surface area contributed by atoms with Gasteiger partial charge in [-0.2, -0.15) is 0 Å². The van der Waals surface area contributed by atoms with Crippen LogP contribution in [0.3, 0.4) is 0 Å². The molecule has 1 aliphatic rings. The van der Waals surface area contributed by atoms with Gasteiger partial charge in [-0.3, -0.25) is 0 Å². The van der Waals surface area contributed by atoms with E-state index in [9.17, 15) is 0 Å². The van der Waals surface area contributed by atoms with Crippen LogP contribution in [0.4, 0.5) is 11.6 Å². The Hall–Kier alpha value is -2.34. The number of benzene rings is 1. The normalized spacial score (nSPS) is 12.9. The van der Waals surface area contributed by atoms with E-state index in [0.717, 1.165) is 50.0 Å². The van der Waals surface area contributed by atoms with Gasteiger partial charge in [-0.1, -0.05) is 30.3 Å². The maximum Gasteiger partial charge on any atom is 0.204 e. The molecule has 3 N–H and O–H groups in total. The highest BCUT2D eigenvalue weighted by Crippen LogP contribution is 2.30. The summed E-state index contributed by atoms with van der Waals surface area (Å²) in [7, 11) is 0. The lowest BCUT2D eigenvalue weighted by atomic mass is 10.2. The van der Waals surface area contributed by atoms with Crippen LogP contribution in [-0.4, -0.2) is 36.2 Å². The lowest BCUT2D eigenvalue weighted by Gasteiger charge is -2.20. The number of anilines is 2. The van der Waals surface area contributed by atoms with Crippen molar-refractivity contribution in [1.82, 2.24) is 15.3 Å². The first-order valence-electron chi connectivity index (χ1n) is 7.63. The second-order valence-electron chi connectivity index (χ2n) is 5.12. The molecule has 0 radical (unpaired) electrons. The zero-order chi connectivity index (χ0) is 15.0. The Kier molecular flexibility index (Phi) is 5.04. The van der Waals surface area contributed by atoms with Crippen LogP contribution in [0.25, 0.3) is 0 Å². The van der Waals surface area contributed by atoms with E-state index in [2.05, 4.69) is 50.2 Å². The molecule has 0 amide bonds. The summed E-state index contributed by atoms with van der Waals surface area (Å²) < 4.78 is 5.62. The smallest absolute Gasteiger partial charge is 0.204 e. The molecular formula is C16H21N5O. The minimum absolute atomic E-state index is 0.647. The fourth-order valence-corrected chi connectivity index (χ4v) is 2.33. The predicted octanol–water partition coefficient (Wildman–Crippen LogP) is 1.87. The van der Waals surface area contributed by atoms with E-state index in [-0.39, 0.29) is 0 Å². The molecule has 22 heavy (non-hydrogen) atoms. The Balaban J connectivity index is 1.39. The van der Waals surface area contributed by atoms with Gasteiger partial charge in [0, 0.05) is 13.1 Å². The van der Waals surface area contributed by atoms with Crippen molar-refractivity contribution in [3.63, 3.8) is 0 Å². The second-order valence-corrected chi connectivity index (χ2v) is 5.12. The minimum Gasteiger partial charge on any atom is -0.485 e. The van der Waals surface area contributed by atoms with Gasteiger partial charge in [-0.15, -0.1) is 0 Å². The van der Waals surface area contributed by atoms with Crippen LogP contribution in [0, 0.1) is 0 Å². The summed E-state index contributed by atoms with van der Waals surface area (Å²) in [5.74, 6) is 2.26. The van der Waals surface area contributed by atoms with Crippen molar-refractivity contribution in [3.05, 3.63) is 42.2 Å². The first-order chi connectivity index (χ1) is 10.9. The third kappa shape index (κ3) is 3.85. The molecule has 2 heterocycles. The summed E-state index contributed by atoms with van der Waals surface area (Å²) in [5, 5.41) is 9.95. The molecule has 0 saturated carbocycles. The SMILES string of the molecule is c1ccc(CNCCCNc2ncnc3c2OCCN3)cc1. The van der Waals surface area contributed by atoms with Gasteiger partial charge in [-0.05, 0) is 18.5 Å². The molecule has 0 saturated heterocycles. The standard InChI is InChI=1S/C16H21N5O/c1-2-5-13(6-3-1)11-17-7-4-8-18-15-14-16(21-12-20-15)19-9-10-22-14/h1-3,5-6,12,17H,4,7-11H2,(H2,18,19,20,21). The van der Waals surface area contributed by atoms with E-state index in [1.807, 2.05) is 6.07 Å². The van der Waals surface area contributed by atoms with Gasteiger partial charge in [-0.25, -0.2) is 9.97 Å². The molecule has 0 bridgehead atoms. The van der Waals surface area contributed by atoms with Gasteiger partial charge < -0.3 is 20.7 Å². The third-order valence-electron chi connectivity index (χ3n) is 3.44. The highest BCUT2D eigenvalue weighted by molar-refractivity contribution is 5.64. The Morgan fingerprint density at radius 3 is 2.95 bits per heavy atom. The van der Waals surface area contributed by atoms with Gasteiger partial charge >= 0.3 is 0 Å². The van der Waals surface area contributed by atoms with Crippen LogP contribution in [0.1, 0.15) is 12.0 Å². The molecule has 1 aromatic carbocycles. The zero-order valence-electron chi connectivity index (χ0n) is 12.5. The lowest BCUT2D eigenvalue weighted by molar-refractivity contribution is 0.321. The van der Waals surface area contributed by atoms with Crippen molar-refractivity contribution in [2.45, 2.75) is 13.0 Å². The van der Waals surface area contributed by atoms with Gasteiger partial charge in [0.1, 0.15) is 12.9 Å². The summed E-state index contributed by atoms with van der Waals surface area (Å²) in [5.41, 5.74) is 1.31. The fraction of sp³-hybridized carbons (Fsp3) is 0.375. The molecule has 0 spiro atoms. The number of aromatic nitrogens is 2. The Morgan fingerprint density at radius 1 is 1.14 bits per heavy atom. The molecular weight excluding hydrogens is 278 g/mol. The first kappa shape index (κ1) is 14.6. The molecule has 6 nitrogen and oxygen atoms in total. The number of fused-ring (bicyclic) bond motifs is 1. The van der Waals surface area contributed by atoms with Crippen LogP contribution in [-0.2, 0) is 6.54 Å².